The van der Waals surface area contributed by atoms with E-state index in [4.69, 9.17) is 0 Å². The third-order valence-corrected chi connectivity index (χ3v) is 4.11. The monoisotopic (exact) mass is 284 g/mol. The molecule has 21 heavy (non-hydrogen) atoms. The van der Waals surface area contributed by atoms with Crippen molar-refractivity contribution in [3.63, 3.8) is 0 Å². The number of hydrogen-bond donors (Lipinski definition) is 1. The molecule has 1 fully saturated rings. The molecule has 3 rings (SSSR count). The number of pyridine rings is 1. The zero-order chi connectivity index (χ0) is 14.5. The number of H-pyrrole nitrogens is 1. The zero-order valence-corrected chi connectivity index (χ0v) is 12.0. The Hall–Kier alpha value is -2.17. The van der Waals surface area contributed by atoms with E-state index in [-0.39, 0.29) is 5.91 Å². The minimum atomic E-state index is 0.194. The molecule has 5 nitrogen and oxygen atoms in total. The number of carbonyl (C=O) groups is 1. The molecule has 1 amide bonds. The van der Waals surface area contributed by atoms with Crippen molar-refractivity contribution in [2.45, 2.75) is 25.7 Å². The van der Waals surface area contributed by atoms with E-state index in [9.17, 15) is 4.79 Å². The van der Waals surface area contributed by atoms with Gasteiger partial charge in [-0.1, -0.05) is 6.07 Å². The normalized spacial score (nSPS) is 16.1. The summed E-state index contributed by atoms with van der Waals surface area (Å²) in [5.74, 6) is 0.851. The van der Waals surface area contributed by atoms with Gasteiger partial charge in [0.1, 0.15) is 0 Å². The molecule has 0 aliphatic carbocycles. The summed E-state index contributed by atoms with van der Waals surface area (Å²) in [6.07, 6.45) is 9.07. The van der Waals surface area contributed by atoms with Gasteiger partial charge < -0.3 is 4.90 Å². The zero-order valence-electron chi connectivity index (χ0n) is 12.0. The second kappa shape index (κ2) is 6.52. The van der Waals surface area contributed by atoms with E-state index < -0.39 is 0 Å². The number of carbonyl (C=O) groups excluding carboxylic acids is 1. The van der Waals surface area contributed by atoms with Gasteiger partial charge in [-0.2, -0.15) is 5.10 Å². The van der Waals surface area contributed by atoms with Gasteiger partial charge in [0.15, 0.2) is 0 Å². The summed E-state index contributed by atoms with van der Waals surface area (Å²) in [5.41, 5.74) is 2.18. The Kier molecular flexibility index (Phi) is 4.28. The lowest BCUT2D eigenvalue weighted by Gasteiger charge is -2.32. The van der Waals surface area contributed by atoms with Crippen LogP contribution in [0.1, 0.15) is 24.1 Å². The maximum absolute atomic E-state index is 12.2. The number of rotatable bonds is 4. The highest BCUT2D eigenvalue weighted by Gasteiger charge is 2.23. The summed E-state index contributed by atoms with van der Waals surface area (Å²) in [5, 5.41) is 6.72. The second-order valence-corrected chi connectivity index (χ2v) is 5.65. The summed E-state index contributed by atoms with van der Waals surface area (Å²) in [6.45, 7) is 1.72. The molecule has 0 atom stereocenters. The van der Waals surface area contributed by atoms with Crippen LogP contribution < -0.4 is 0 Å². The van der Waals surface area contributed by atoms with Gasteiger partial charge in [-0.15, -0.1) is 0 Å². The van der Waals surface area contributed by atoms with E-state index >= 15 is 0 Å². The van der Waals surface area contributed by atoms with E-state index in [1.165, 1.54) is 5.56 Å². The molecule has 5 heteroatoms. The summed E-state index contributed by atoms with van der Waals surface area (Å²) in [7, 11) is 0. The van der Waals surface area contributed by atoms with Crippen LogP contribution >= 0.6 is 0 Å². The highest BCUT2D eigenvalue weighted by molar-refractivity contribution is 5.78. The van der Waals surface area contributed by atoms with Crippen LogP contribution in [0, 0.1) is 5.92 Å². The van der Waals surface area contributed by atoms with Gasteiger partial charge in [0.2, 0.25) is 5.91 Å². The molecule has 1 aliphatic rings. The first-order valence-electron chi connectivity index (χ1n) is 7.46. The van der Waals surface area contributed by atoms with E-state index in [1.807, 2.05) is 23.2 Å². The van der Waals surface area contributed by atoms with Crippen LogP contribution in [-0.2, 0) is 17.6 Å². The molecule has 3 heterocycles. The average Bonchev–Trinajstić information content (AvgIpc) is 3.02. The fraction of sp³-hybridized carbons (Fsp3) is 0.438. The molecule has 110 valence electrons. The number of hydrogen-bond acceptors (Lipinski definition) is 3. The van der Waals surface area contributed by atoms with Crippen molar-refractivity contribution in [2.75, 3.05) is 13.1 Å². The van der Waals surface area contributed by atoms with Crippen LogP contribution in [0.25, 0.3) is 0 Å². The van der Waals surface area contributed by atoms with Crippen molar-refractivity contribution in [2.24, 2.45) is 5.92 Å². The van der Waals surface area contributed by atoms with Crippen LogP contribution in [0.2, 0.25) is 0 Å². The van der Waals surface area contributed by atoms with E-state index in [0.29, 0.717) is 12.3 Å². The lowest BCUT2D eigenvalue weighted by molar-refractivity contribution is -0.131. The van der Waals surface area contributed by atoms with E-state index in [2.05, 4.69) is 21.2 Å². The second-order valence-electron chi connectivity index (χ2n) is 5.65. The van der Waals surface area contributed by atoms with Crippen molar-refractivity contribution in [3.8, 4) is 0 Å². The number of nitrogens with one attached hydrogen (secondary N) is 1. The summed E-state index contributed by atoms with van der Waals surface area (Å²) >= 11 is 0. The van der Waals surface area contributed by atoms with Gasteiger partial charge in [-0.05, 0) is 42.9 Å². The van der Waals surface area contributed by atoms with E-state index in [0.717, 1.165) is 38.0 Å². The van der Waals surface area contributed by atoms with Crippen molar-refractivity contribution in [1.82, 2.24) is 20.1 Å². The molecule has 2 aromatic heterocycles. The standard InChI is InChI=1S/C16H20N4O/c21-16(11-15-3-7-18-19-15)20-8-4-13(5-9-20)10-14-2-1-6-17-12-14/h1-3,6-7,12-13H,4-5,8-11H2,(H,18,19). The number of nitrogens with zero attached hydrogens (tertiary/aromatic N) is 3. The smallest absolute Gasteiger partial charge is 0.228 e. The molecule has 1 aliphatic heterocycles. The summed E-state index contributed by atoms with van der Waals surface area (Å²) in [6, 6.07) is 5.97. The van der Waals surface area contributed by atoms with Gasteiger partial charge in [0.05, 0.1) is 6.42 Å². The third kappa shape index (κ3) is 3.68. The maximum Gasteiger partial charge on any atom is 0.228 e. The first kappa shape index (κ1) is 13.8. The third-order valence-electron chi connectivity index (χ3n) is 4.11. The largest absolute Gasteiger partial charge is 0.342 e. The Labute approximate surface area is 124 Å². The highest BCUT2D eigenvalue weighted by atomic mass is 16.2. The quantitative estimate of drug-likeness (QED) is 0.931. The van der Waals surface area contributed by atoms with Gasteiger partial charge >= 0.3 is 0 Å². The molecular weight excluding hydrogens is 264 g/mol. The maximum atomic E-state index is 12.2. The van der Waals surface area contributed by atoms with Crippen molar-refractivity contribution >= 4 is 5.91 Å². The van der Waals surface area contributed by atoms with Crippen LogP contribution in [0.5, 0.6) is 0 Å². The topological polar surface area (TPSA) is 61.9 Å². The number of amides is 1. The lowest BCUT2D eigenvalue weighted by atomic mass is 9.90. The predicted octanol–water partition coefficient (Wildman–Crippen LogP) is 1.83. The SMILES string of the molecule is O=C(Cc1ccn[nH]1)N1CCC(Cc2cccnc2)CC1. The Balaban J connectivity index is 1.47. The van der Waals surface area contributed by atoms with Crippen LogP contribution in [-0.4, -0.2) is 39.1 Å². The molecule has 0 unspecified atom stereocenters. The Morgan fingerprint density at radius 1 is 1.29 bits per heavy atom. The molecule has 0 spiro atoms. The van der Waals surface area contributed by atoms with E-state index in [1.54, 1.807) is 12.4 Å². The van der Waals surface area contributed by atoms with Gasteiger partial charge in [0.25, 0.3) is 0 Å². The van der Waals surface area contributed by atoms with Crippen LogP contribution in [0.4, 0.5) is 0 Å². The number of piperidine rings is 1. The molecule has 1 N–H and O–H groups in total. The fourth-order valence-corrected chi connectivity index (χ4v) is 2.90. The fourth-order valence-electron chi connectivity index (χ4n) is 2.90. The van der Waals surface area contributed by atoms with Crippen LogP contribution in [0.3, 0.4) is 0 Å². The van der Waals surface area contributed by atoms with Gasteiger partial charge in [0, 0.05) is 37.4 Å². The minimum absolute atomic E-state index is 0.194. The molecule has 0 radical (unpaired) electrons. The molecule has 2 aromatic rings. The Bertz CT molecular complexity index is 559. The first-order valence-corrected chi connectivity index (χ1v) is 7.46. The minimum Gasteiger partial charge on any atom is -0.342 e. The molecule has 0 saturated carbocycles. The Morgan fingerprint density at radius 3 is 2.81 bits per heavy atom. The lowest BCUT2D eigenvalue weighted by Crippen LogP contribution is -2.39. The molecule has 0 bridgehead atoms. The number of aromatic amines is 1. The molecular formula is C16H20N4O. The number of aromatic nitrogens is 3. The highest BCUT2D eigenvalue weighted by Crippen LogP contribution is 2.21. The van der Waals surface area contributed by atoms with Crippen molar-refractivity contribution in [3.05, 3.63) is 48.0 Å². The molecule has 0 aromatic carbocycles. The predicted molar refractivity (Wildman–Crippen MR) is 79.5 cm³/mol. The molecule has 1 saturated heterocycles. The summed E-state index contributed by atoms with van der Waals surface area (Å²) in [4.78, 5) is 18.3. The number of likely N-dealkylation sites (tertiary alicyclic amines) is 1. The van der Waals surface area contributed by atoms with Crippen molar-refractivity contribution < 1.29 is 4.79 Å². The average molecular weight is 284 g/mol. The summed E-state index contributed by atoms with van der Waals surface area (Å²) < 4.78 is 0. The first-order chi connectivity index (χ1) is 10.3. The van der Waals surface area contributed by atoms with Crippen molar-refractivity contribution in [1.29, 1.82) is 0 Å². The Morgan fingerprint density at radius 2 is 2.14 bits per heavy atom. The van der Waals surface area contributed by atoms with Gasteiger partial charge in [-0.3, -0.25) is 14.9 Å². The van der Waals surface area contributed by atoms with Crippen LogP contribution in [0.15, 0.2) is 36.8 Å². The van der Waals surface area contributed by atoms with Gasteiger partial charge in [-0.25, -0.2) is 0 Å².